The zero-order valence-corrected chi connectivity index (χ0v) is 20.4. The number of esters is 1. The monoisotopic (exact) mass is 474 g/mol. The molecule has 1 amide bonds. The maximum atomic E-state index is 12.4. The van der Waals surface area contributed by atoms with Crippen LogP contribution in [0.15, 0.2) is 77.9 Å². The van der Waals surface area contributed by atoms with Crippen LogP contribution >= 0.6 is 0 Å². The average molecular weight is 475 g/mol. The summed E-state index contributed by atoms with van der Waals surface area (Å²) in [5.41, 5.74) is 4.77. The number of hydrogen-bond donors (Lipinski definition) is 1. The molecule has 0 aliphatic rings. The highest BCUT2D eigenvalue weighted by atomic mass is 16.6. The van der Waals surface area contributed by atoms with Gasteiger partial charge in [0.1, 0.15) is 5.75 Å². The van der Waals surface area contributed by atoms with Gasteiger partial charge in [-0.1, -0.05) is 51.1 Å². The first-order chi connectivity index (χ1) is 16.8. The van der Waals surface area contributed by atoms with Crippen molar-refractivity contribution in [3.05, 3.63) is 89.5 Å². The maximum Gasteiger partial charge on any atom is 0.343 e. The fourth-order valence-electron chi connectivity index (χ4n) is 3.10. The Hall–Kier alpha value is -4.13. The van der Waals surface area contributed by atoms with Crippen molar-refractivity contribution in [3.63, 3.8) is 0 Å². The van der Waals surface area contributed by atoms with Crippen LogP contribution in [-0.4, -0.2) is 31.3 Å². The van der Waals surface area contributed by atoms with E-state index in [0.717, 1.165) is 0 Å². The van der Waals surface area contributed by atoms with Gasteiger partial charge in [0.15, 0.2) is 18.1 Å². The van der Waals surface area contributed by atoms with Crippen molar-refractivity contribution in [2.24, 2.45) is 5.10 Å². The van der Waals surface area contributed by atoms with Crippen LogP contribution < -0.4 is 19.6 Å². The molecule has 0 unspecified atom stereocenters. The minimum absolute atomic E-state index is 0.0500. The van der Waals surface area contributed by atoms with Crippen LogP contribution in [0.2, 0.25) is 0 Å². The van der Waals surface area contributed by atoms with Gasteiger partial charge in [0.05, 0.1) is 18.4 Å². The van der Waals surface area contributed by atoms with Crippen LogP contribution in [0.5, 0.6) is 17.2 Å². The van der Waals surface area contributed by atoms with E-state index in [2.05, 4.69) is 31.3 Å². The normalized spacial score (nSPS) is 11.2. The summed E-state index contributed by atoms with van der Waals surface area (Å²) in [4.78, 5) is 24.4. The standard InChI is InChI=1S/C28H30N2O5/c1-5-33-25-17-20(11-16-24(25)35-27(32)21-9-7-6-8-10-21)18-29-30-26(31)19-34-23-14-12-22(13-15-23)28(2,3)4/h6-18H,5,19H2,1-4H3,(H,30,31). The van der Waals surface area contributed by atoms with Gasteiger partial charge in [-0.3, -0.25) is 4.79 Å². The predicted octanol–water partition coefficient (Wildman–Crippen LogP) is 5.13. The number of ether oxygens (including phenoxy) is 3. The number of nitrogens with zero attached hydrogens (tertiary/aromatic N) is 1. The minimum atomic E-state index is -0.478. The first-order valence-electron chi connectivity index (χ1n) is 11.4. The summed E-state index contributed by atoms with van der Waals surface area (Å²) in [7, 11) is 0. The Morgan fingerprint density at radius 2 is 1.63 bits per heavy atom. The molecule has 1 N–H and O–H groups in total. The van der Waals surface area contributed by atoms with Crippen LogP contribution in [0.25, 0.3) is 0 Å². The molecule has 0 radical (unpaired) electrons. The van der Waals surface area contributed by atoms with Crippen LogP contribution in [0.3, 0.4) is 0 Å². The Bertz CT molecular complexity index is 1170. The molecule has 0 aromatic heterocycles. The number of hydrazone groups is 1. The van der Waals surface area contributed by atoms with Gasteiger partial charge in [-0.2, -0.15) is 5.10 Å². The Morgan fingerprint density at radius 3 is 2.29 bits per heavy atom. The number of benzene rings is 3. The van der Waals surface area contributed by atoms with Gasteiger partial charge in [-0.05, 0) is 65.9 Å². The molecule has 3 aromatic rings. The second kappa shape index (κ2) is 11.8. The van der Waals surface area contributed by atoms with E-state index in [1.165, 1.54) is 11.8 Å². The van der Waals surface area contributed by atoms with Crippen LogP contribution in [0.1, 0.15) is 49.2 Å². The molecular formula is C28H30N2O5. The van der Waals surface area contributed by atoms with Crippen molar-refractivity contribution in [1.29, 1.82) is 0 Å². The van der Waals surface area contributed by atoms with Gasteiger partial charge < -0.3 is 14.2 Å². The Balaban J connectivity index is 1.55. The number of amides is 1. The number of carbonyl (C=O) groups is 2. The van der Waals surface area contributed by atoms with Crippen molar-refractivity contribution in [1.82, 2.24) is 5.43 Å². The molecule has 35 heavy (non-hydrogen) atoms. The van der Waals surface area contributed by atoms with E-state index in [9.17, 15) is 9.59 Å². The largest absolute Gasteiger partial charge is 0.490 e. The smallest absolute Gasteiger partial charge is 0.343 e. The van der Waals surface area contributed by atoms with E-state index in [0.29, 0.717) is 35.0 Å². The molecule has 0 heterocycles. The molecule has 0 atom stereocenters. The van der Waals surface area contributed by atoms with Gasteiger partial charge in [0, 0.05) is 0 Å². The zero-order valence-electron chi connectivity index (χ0n) is 20.4. The molecule has 0 aliphatic carbocycles. The molecule has 0 fully saturated rings. The second-order valence-corrected chi connectivity index (χ2v) is 8.75. The fraction of sp³-hybridized carbons (Fsp3) is 0.250. The van der Waals surface area contributed by atoms with Crippen molar-refractivity contribution >= 4 is 18.1 Å². The van der Waals surface area contributed by atoms with E-state index >= 15 is 0 Å². The molecule has 182 valence electrons. The lowest BCUT2D eigenvalue weighted by molar-refractivity contribution is -0.123. The van der Waals surface area contributed by atoms with Crippen LogP contribution in [0.4, 0.5) is 0 Å². The van der Waals surface area contributed by atoms with Gasteiger partial charge in [-0.25, -0.2) is 10.2 Å². The van der Waals surface area contributed by atoms with Crippen LogP contribution in [-0.2, 0) is 10.2 Å². The zero-order chi connectivity index (χ0) is 25.3. The first kappa shape index (κ1) is 25.5. The topological polar surface area (TPSA) is 86.2 Å². The number of carbonyl (C=O) groups excluding carboxylic acids is 2. The number of nitrogens with one attached hydrogen (secondary N) is 1. The van der Waals surface area contributed by atoms with E-state index in [4.69, 9.17) is 14.2 Å². The third-order valence-electron chi connectivity index (χ3n) is 4.97. The quantitative estimate of drug-likeness (QED) is 0.201. The lowest BCUT2D eigenvalue weighted by Gasteiger charge is -2.19. The maximum absolute atomic E-state index is 12.4. The van der Waals surface area contributed by atoms with Crippen molar-refractivity contribution < 1.29 is 23.8 Å². The second-order valence-electron chi connectivity index (χ2n) is 8.75. The van der Waals surface area contributed by atoms with Crippen molar-refractivity contribution in [3.8, 4) is 17.2 Å². The summed E-state index contributed by atoms with van der Waals surface area (Å²) in [6.45, 7) is 8.47. The molecule has 0 spiro atoms. The van der Waals surface area contributed by atoms with E-state index in [1.807, 2.05) is 37.3 Å². The summed E-state index contributed by atoms with van der Waals surface area (Å²) in [5.74, 6) is 0.439. The van der Waals surface area contributed by atoms with Gasteiger partial charge in [-0.15, -0.1) is 0 Å². The lowest BCUT2D eigenvalue weighted by Crippen LogP contribution is -2.24. The first-order valence-corrected chi connectivity index (χ1v) is 11.4. The van der Waals surface area contributed by atoms with Gasteiger partial charge >= 0.3 is 5.97 Å². The van der Waals surface area contributed by atoms with Gasteiger partial charge in [0.2, 0.25) is 0 Å². The number of hydrogen-bond acceptors (Lipinski definition) is 6. The lowest BCUT2D eigenvalue weighted by atomic mass is 9.87. The third kappa shape index (κ3) is 7.71. The Labute approximate surface area is 205 Å². The van der Waals surface area contributed by atoms with E-state index < -0.39 is 5.97 Å². The molecule has 0 aliphatic heterocycles. The molecule has 3 aromatic carbocycles. The Kier molecular flexibility index (Phi) is 8.62. The minimum Gasteiger partial charge on any atom is -0.490 e. The molecule has 0 saturated carbocycles. The highest BCUT2D eigenvalue weighted by Gasteiger charge is 2.14. The summed E-state index contributed by atoms with van der Waals surface area (Å²) in [5, 5.41) is 3.97. The van der Waals surface area contributed by atoms with Crippen molar-refractivity contribution in [2.75, 3.05) is 13.2 Å². The molecule has 7 heteroatoms. The molecule has 0 bridgehead atoms. The molecule has 0 saturated heterocycles. The van der Waals surface area contributed by atoms with Crippen LogP contribution in [0, 0.1) is 0 Å². The Morgan fingerprint density at radius 1 is 0.914 bits per heavy atom. The third-order valence-corrected chi connectivity index (χ3v) is 4.97. The highest BCUT2D eigenvalue weighted by Crippen LogP contribution is 2.29. The fourth-order valence-corrected chi connectivity index (χ4v) is 3.10. The predicted molar refractivity (Wildman–Crippen MR) is 135 cm³/mol. The molecular weight excluding hydrogens is 444 g/mol. The summed E-state index contributed by atoms with van der Waals surface area (Å²) < 4.78 is 16.6. The SMILES string of the molecule is CCOc1cc(C=NNC(=O)COc2ccc(C(C)(C)C)cc2)ccc1OC(=O)c1ccccc1. The molecule has 3 rings (SSSR count). The summed E-state index contributed by atoms with van der Waals surface area (Å²) >= 11 is 0. The van der Waals surface area contributed by atoms with Crippen molar-refractivity contribution in [2.45, 2.75) is 33.1 Å². The average Bonchev–Trinajstić information content (AvgIpc) is 2.84. The summed E-state index contributed by atoms with van der Waals surface area (Å²) in [6.07, 6.45) is 1.47. The highest BCUT2D eigenvalue weighted by molar-refractivity contribution is 5.91. The van der Waals surface area contributed by atoms with Gasteiger partial charge in [0.25, 0.3) is 5.91 Å². The summed E-state index contributed by atoms with van der Waals surface area (Å²) in [6, 6.07) is 21.4. The molecule has 7 nitrogen and oxygen atoms in total. The number of rotatable bonds is 9. The van der Waals surface area contributed by atoms with E-state index in [-0.39, 0.29) is 17.9 Å². The van der Waals surface area contributed by atoms with E-state index in [1.54, 1.807) is 42.5 Å².